The summed E-state index contributed by atoms with van der Waals surface area (Å²) in [4.78, 5) is 11.9. The van der Waals surface area contributed by atoms with Crippen molar-refractivity contribution in [2.24, 2.45) is 23.2 Å². The minimum Gasteiger partial charge on any atom is -0.492 e. The Hall–Kier alpha value is -1.34. The normalized spacial score (nSPS) is 31.0. The van der Waals surface area contributed by atoms with E-state index in [4.69, 9.17) is 16.3 Å². The summed E-state index contributed by atoms with van der Waals surface area (Å²) in [7, 11) is -3.79. The van der Waals surface area contributed by atoms with E-state index in [-0.39, 0.29) is 10.8 Å². The van der Waals surface area contributed by atoms with E-state index in [1.54, 1.807) is 4.72 Å². The average molecular weight is 430 g/mol. The van der Waals surface area contributed by atoms with E-state index in [0.717, 1.165) is 42.6 Å². The molecule has 5 nitrogen and oxygen atoms in total. The maximum absolute atomic E-state index is 14.3. The van der Waals surface area contributed by atoms with Crippen LogP contribution >= 0.6 is 11.6 Å². The van der Waals surface area contributed by atoms with E-state index < -0.39 is 27.3 Å². The SMILES string of the molecule is CS(=O)(=O)NC(=O)c1cc(Cl)c(OCCC23CC4CC(CC(C4)C2)C3)cc1F. The lowest BCUT2D eigenvalue weighted by Gasteiger charge is -2.57. The van der Waals surface area contributed by atoms with Crippen LogP contribution in [0.4, 0.5) is 4.39 Å². The van der Waals surface area contributed by atoms with Crippen LogP contribution in [-0.2, 0) is 10.0 Å². The Kier molecular flexibility index (Phi) is 5.11. The van der Waals surface area contributed by atoms with Gasteiger partial charge in [-0.3, -0.25) is 4.79 Å². The number of sulfonamides is 1. The second kappa shape index (κ2) is 7.17. The summed E-state index contributed by atoms with van der Waals surface area (Å²) in [6.45, 7) is 0.459. The number of rotatable bonds is 6. The molecule has 0 aliphatic heterocycles. The third kappa shape index (κ3) is 4.15. The maximum Gasteiger partial charge on any atom is 0.267 e. The molecule has 0 spiro atoms. The predicted octanol–water partition coefficient (Wildman–Crippen LogP) is 4.15. The summed E-state index contributed by atoms with van der Waals surface area (Å²) in [6, 6.07) is 2.16. The summed E-state index contributed by atoms with van der Waals surface area (Å²) in [6.07, 6.45) is 9.73. The lowest BCUT2D eigenvalue weighted by Crippen LogP contribution is -2.46. The molecule has 0 atom stereocenters. The highest BCUT2D eigenvalue weighted by molar-refractivity contribution is 7.89. The molecular weight excluding hydrogens is 405 g/mol. The minimum absolute atomic E-state index is 0.0885. The Bertz CT molecular complexity index is 866. The molecule has 8 heteroatoms. The second-order valence-corrected chi connectivity index (χ2v) is 11.1. The smallest absolute Gasteiger partial charge is 0.267 e. The van der Waals surface area contributed by atoms with Crippen LogP contribution in [0.2, 0.25) is 5.02 Å². The highest BCUT2D eigenvalue weighted by Gasteiger charge is 2.50. The number of carbonyl (C=O) groups is 1. The molecule has 28 heavy (non-hydrogen) atoms. The van der Waals surface area contributed by atoms with Crippen LogP contribution in [0.3, 0.4) is 0 Å². The quantitative estimate of drug-likeness (QED) is 0.737. The molecule has 4 saturated carbocycles. The zero-order valence-corrected chi connectivity index (χ0v) is 17.4. The van der Waals surface area contributed by atoms with Gasteiger partial charge in [0.05, 0.1) is 23.4 Å². The van der Waals surface area contributed by atoms with Crippen LogP contribution in [-0.4, -0.2) is 27.2 Å². The number of carbonyl (C=O) groups excluding carboxylic acids is 1. The fraction of sp³-hybridized carbons (Fsp3) is 0.650. The summed E-state index contributed by atoms with van der Waals surface area (Å²) in [5.41, 5.74) is -0.0707. The third-order valence-electron chi connectivity index (χ3n) is 6.60. The summed E-state index contributed by atoms with van der Waals surface area (Å²) < 4.78 is 44.1. The van der Waals surface area contributed by atoms with Crippen molar-refractivity contribution in [3.63, 3.8) is 0 Å². The molecule has 5 rings (SSSR count). The fourth-order valence-electron chi connectivity index (χ4n) is 6.01. The molecule has 1 N–H and O–H groups in total. The molecule has 0 radical (unpaired) electrons. The van der Waals surface area contributed by atoms with Gasteiger partial charge in [-0.05, 0) is 74.2 Å². The number of amides is 1. The Labute approximate surface area is 170 Å². The van der Waals surface area contributed by atoms with Crippen molar-refractivity contribution in [3.8, 4) is 5.75 Å². The van der Waals surface area contributed by atoms with Crippen molar-refractivity contribution in [1.82, 2.24) is 4.72 Å². The van der Waals surface area contributed by atoms with E-state index in [1.807, 2.05) is 0 Å². The van der Waals surface area contributed by atoms with Crippen LogP contribution in [0.25, 0.3) is 0 Å². The van der Waals surface area contributed by atoms with Gasteiger partial charge >= 0.3 is 0 Å². The maximum atomic E-state index is 14.3. The lowest BCUT2D eigenvalue weighted by atomic mass is 9.49. The fourth-order valence-corrected chi connectivity index (χ4v) is 6.68. The van der Waals surface area contributed by atoms with E-state index in [1.165, 1.54) is 38.5 Å². The first-order valence-electron chi connectivity index (χ1n) is 9.76. The minimum atomic E-state index is -3.79. The van der Waals surface area contributed by atoms with Gasteiger partial charge in [-0.1, -0.05) is 11.6 Å². The molecule has 0 heterocycles. The van der Waals surface area contributed by atoms with Crippen molar-refractivity contribution in [1.29, 1.82) is 0 Å². The summed E-state index contributed by atoms with van der Waals surface area (Å²) >= 11 is 6.15. The van der Waals surface area contributed by atoms with Crippen molar-refractivity contribution in [2.75, 3.05) is 12.9 Å². The lowest BCUT2D eigenvalue weighted by molar-refractivity contribution is -0.0622. The zero-order chi connectivity index (χ0) is 20.1. The van der Waals surface area contributed by atoms with Gasteiger partial charge in [-0.2, -0.15) is 0 Å². The molecule has 1 aromatic carbocycles. The van der Waals surface area contributed by atoms with E-state index in [2.05, 4.69) is 0 Å². The predicted molar refractivity (Wildman–Crippen MR) is 104 cm³/mol. The summed E-state index contributed by atoms with van der Waals surface area (Å²) in [5.74, 6) is 0.844. The number of hydrogen-bond donors (Lipinski definition) is 1. The van der Waals surface area contributed by atoms with Crippen molar-refractivity contribution in [3.05, 3.63) is 28.5 Å². The van der Waals surface area contributed by atoms with Gasteiger partial charge < -0.3 is 4.74 Å². The van der Waals surface area contributed by atoms with Gasteiger partial charge in [0.15, 0.2) is 0 Å². The van der Waals surface area contributed by atoms with Gasteiger partial charge in [0.2, 0.25) is 10.0 Å². The van der Waals surface area contributed by atoms with Crippen molar-refractivity contribution < 1.29 is 22.3 Å². The Morgan fingerprint density at radius 3 is 2.32 bits per heavy atom. The van der Waals surface area contributed by atoms with E-state index in [9.17, 15) is 17.6 Å². The molecule has 4 fully saturated rings. The van der Waals surface area contributed by atoms with E-state index >= 15 is 0 Å². The summed E-state index contributed by atoms with van der Waals surface area (Å²) in [5, 5.41) is 0.0885. The number of nitrogens with one attached hydrogen (secondary N) is 1. The first kappa shape index (κ1) is 20.0. The van der Waals surface area contributed by atoms with Gasteiger partial charge in [-0.25, -0.2) is 17.5 Å². The second-order valence-electron chi connectivity index (χ2n) is 8.98. The van der Waals surface area contributed by atoms with Gasteiger partial charge in [0.1, 0.15) is 11.6 Å². The highest BCUT2D eigenvalue weighted by Crippen LogP contribution is 2.61. The van der Waals surface area contributed by atoms with Crippen molar-refractivity contribution in [2.45, 2.75) is 44.9 Å². The van der Waals surface area contributed by atoms with Crippen LogP contribution in [0.15, 0.2) is 12.1 Å². The monoisotopic (exact) mass is 429 g/mol. The molecule has 0 saturated heterocycles. The van der Waals surface area contributed by atoms with Gasteiger partial charge in [-0.15, -0.1) is 0 Å². The standard InChI is InChI=1S/C20H25ClFNO4S/c1-28(25,26)23-19(24)15-7-16(21)18(8-17(15)22)27-3-2-20-9-12-4-13(10-20)6-14(5-12)11-20/h7-8,12-14H,2-6,9-11H2,1H3,(H,23,24). The molecule has 4 aliphatic rings. The molecular formula is C20H25ClFNO4S. The van der Waals surface area contributed by atoms with E-state index in [0.29, 0.717) is 12.0 Å². The molecule has 0 unspecified atom stereocenters. The molecule has 154 valence electrons. The Balaban J connectivity index is 1.40. The van der Waals surface area contributed by atoms with Crippen molar-refractivity contribution >= 4 is 27.5 Å². The van der Waals surface area contributed by atoms with Crippen LogP contribution < -0.4 is 9.46 Å². The molecule has 1 aromatic rings. The molecule has 0 aromatic heterocycles. The van der Waals surface area contributed by atoms with Crippen LogP contribution in [0.1, 0.15) is 55.3 Å². The van der Waals surface area contributed by atoms with Gasteiger partial charge in [0, 0.05) is 6.07 Å². The van der Waals surface area contributed by atoms with Crippen LogP contribution in [0, 0.1) is 29.0 Å². The topological polar surface area (TPSA) is 72.5 Å². The zero-order valence-electron chi connectivity index (χ0n) is 15.8. The van der Waals surface area contributed by atoms with Crippen LogP contribution in [0.5, 0.6) is 5.75 Å². The number of halogens is 2. The molecule has 4 bridgehead atoms. The Morgan fingerprint density at radius 1 is 1.21 bits per heavy atom. The Morgan fingerprint density at radius 2 is 1.79 bits per heavy atom. The molecule has 4 aliphatic carbocycles. The highest BCUT2D eigenvalue weighted by atomic mass is 35.5. The number of hydrogen-bond acceptors (Lipinski definition) is 4. The number of ether oxygens (including phenoxy) is 1. The average Bonchev–Trinajstić information content (AvgIpc) is 2.54. The molecule has 1 amide bonds. The number of benzene rings is 1. The first-order valence-corrected chi connectivity index (χ1v) is 12.0. The first-order chi connectivity index (χ1) is 13.1. The third-order valence-corrected chi connectivity index (χ3v) is 7.45. The van der Waals surface area contributed by atoms with Gasteiger partial charge in [0.25, 0.3) is 5.91 Å². The largest absolute Gasteiger partial charge is 0.492 e.